The van der Waals surface area contributed by atoms with Crippen molar-refractivity contribution < 1.29 is 31.9 Å². The lowest BCUT2D eigenvalue weighted by Crippen LogP contribution is -2.61. The lowest BCUT2D eigenvalue weighted by Gasteiger charge is -2.40. The molecule has 0 spiro atoms. The fraction of sp³-hybridized carbons (Fsp3) is 0.500. The summed E-state index contributed by atoms with van der Waals surface area (Å²) in [6, 6.07) is 1.02. The van der Waals surface area contributed by atoms with Crippen molar-refractivity contribution in [2.24, 2.45) is 0 Å². The summed E-state index contributed by atoms with van der Waals surface area (Å²) < 4.78 is 57.6. The predicted octanol–water partition coefficient (Wildman–Crippen LogP) is 3.96. The molecule has 0 aliphatic carbocycles. The maximum absolute atomic E-state index is 14.1. The Balaban J connectivity index is 2.03. The molecule has 0 aromatic heterocycles. The van der Waals surface area contributed by atoms with Crippen LogP contribution in [0, 0.1) is 5.82 Å². The summed E-state index contributed by atoms with van der Waals surface area (Å²) in [6.07, 6.45) is -5.47. The van der Waals surface area contributed by atoms with E-state index in [9.17, 15) is 27.2 Å². The number of alkyl halides is 3. The lowest BCUT2D eigenvalue weighted by molar-refractivity contribution is -0.140. The van der Waals surface area contributed by atoms with Crippen molar-refractivity contribution in [1.82, 2.24) is 10.2 Å². The minimum Gasteiger partial charge on any atom is -0.444 e. The van der Waals surface area contributed by atoms with E-state index < -0.39 is 46.8 Å². The summed E-state index contributed by atoms with van der Waals surface area (Å²) in [4.78, 5) is 25.3. The zero-order valence-corrected chi connectivity index (χ0v) is 15.8. The molecule has 0 unspecified atom stereocenters. The fourth-order valence-electron chi connectivity index (χ4n) is 2.28. The number of amides is 2. The molecule has 0 saturated carbocycles. The van der Waals surface area contributed by atoms with Crippen LogP contribution in [0.1, 0.15) is 36.7 Å². The molecular formula is C16H17BrF4N2O3. The molecule has 1 heterocycles. The average Bonchev–Trinajstić information content (AvgIpc) is 2.38. The monoisotopic (exact) mass is 440 g/mol. The number of nitrogens with one attached hydrogen (secondary N) is 1. The summed E-state index contributed by atoms with van der Waals surface area (Å²) in [6.45, 7) is 5.37. The first-order valence-corrected chi connectivity index (χ1v) is 8.43. The van der Waals surface area contributed by atoms with Gasteiger partial charge in [0.15, 0.2) is 0 Å². The molecule has 1 N–H and O–H groups in total. The zero-order valence-electron chi connectivity index (χ0n) is 14.2. The van der Waals surface area contributed by atoms with E-state index >= 15 is 0 Å². The number of ether oxygens (including phenoxy) is 1. The molecule has 1 aliphatic heterocycles. The van der Waals surface area contributed by atoms with E-state index in [0.29, 0.717) is 6.07 Å². The van der Waals surface area contributed by atoms with Gasteiger partial charge >= 0.3 is 12.3 Å². The van der Waals surface area contributed by atoms with Gasteiger partial charge in [-0.3, -0.25) is 4.79 Å². The standard InChI is InChI=1S/C16H17BrF4N2O3/c1-15(2,3)26-14(25)23-6-8(7-23)22-13(24)11-10(17)5-4-9(12(11)18)16(19,20)21/h4-5,8H,6-7H2,1-3H3,(H,22,24). The van der Waals surface area contributed by atoms with Crippen molar-refractivity contribution in [3.63, 3.8) is 0 Å². The van der Waals surface area contributed by atoms with Crippen molar-refractivity contribution in [3.8, 4) is 0 Å². The summed E-state index contributed by atoms with van der Waals surface area (Å²) in [5.74, 6) is -2.64. The van der Waals surface area contributed by atoms with Crippen LogP contribution in [0.25, 0.3) is 0 Å². The van der Waals surface area contributed by atoms with Gasteiger partial charge in [-0.25, -0.2) is 9.18 Å². The molecule has 0 bridgehead atoms. The topological polar surface area (TPSA) is 58.6 Å². The Hall–Kier alpha value is -1.84. The average molecular weight is 441 g/mol. The van der Waals surface area contributed by atoms with E-state index in [4.69, 9.17) is 4.74 Å². The number of carbonyl (C=O) groups is 2. The van der Waals surface area contributed by atoms with Crippen LogP contribution in [-0.2, 0) is 10.9 Å². The van der Waals surface area contributed by atoms with Gasteiger partial charge in [-0.1, -0.05) is 0 Å². The molecule has 26 heavy (non-hydrogen) atoms. The third-order valence-corrected chi connectivity index (χ3v) is 4.15. The molecule has 1 aromatic carbocycles. The number of benzene rings is 1. The highest BCUT2D eigenvalue weighted by Crippen LogP contribution is 2.35. The van der Waals surface area contributed by atoms with Crippen LogP contribution in [0.5, 0.6) is 0 Å². The van der Waals surface area contributed by atoms with Gasteiger partial charge in [-0.2, -0.15) is 13.2 Å². The number of likely N-dealkylation sites (tertiary alicyclic amines) is 1. The van der Waals surface area contributed by atoms with Crippen molar-refractivity contribution >= 4 is 27.9 Å². The third-order valence-electron chi connectivity index (χ3n) is 3.49. The molecule has 1 aliphatic rings. The number of carbonyl (C=O) groups excluding carboxylic acids is 2. The van der Waals surface area contributed by atoms with E-state index in [1.807, 2.05) is 0 Å². The fourth-order valence-corrected chi connectivity index (χ4v) is 2.77. The molecule has 0 atom stereocenters. The maximum atomic E-state index is 14.1. The normalized spacial score (nSPS) is 15.5. The van der Waals surface area contributed by atoms with E-state index in [2.05, 4.69) is 21.2 Å². The van der Waals surface area contributed by atoms with Gasteiger partial charge in [0.25, 0.3) is 5.91 Å². The van der Waals surface area contributed by atoms with Crippen LogP contribution in [0.15, 0.2) is 16.6 Å². The number of hydrogen-bond donors (Lipinski definition) is 1. The molecule has 144 valence electrons. The summed E-state index contributed by atoms with van der Waals surface area (Å²) in [5, 5.41) is 2.41. The molecule has 5 nitrogen and oxygen atoms in total. The second-order valence-corrected chi connectivity index (χ2v) is 7.69. The minimum atomic E-state index is -4.91. The van der Waals surface area contributed by atoms with Gasteiger partial charge in [-0.15, -0.1) is 0 Å². The molecular weight excluding hydrogens is 424 g/mol. The highest BCUT2D eigenvalue weighted by molar-refractivity contribution is 9.10. The van der Waals surface area contributed by atoms with Gasteiger partial charge in [-0.05, 0) is 48.8 Å². The second kappa shape index (κ2) is 7.05. The summed E-state index contributed by atoms with van der Waals surface area (Å²) in [5.41, 5.74) is -2.91. The van der Waals surface area contributed by atoms with Gasteiger partial charge in [0.05, 0.1) is 17.2 Å². The number of hydrogen-bond acceptors (Lipinski definition) is 3. The molecule has 1 fully saturated rings. The molecule has 2 amide bonds. The van der Waals surface area contributed by atoms with Gasteiger partial charge in [0, 0.05) is 17.6 Å². The van der Waals surface area contributed by atoms with E-state index in [0.717, 1.165) is 6.07 Å². The Kier molecular flexibility index (Phi) is 5.55. The Labute approximate surface area is 155 Å². The van der Waals surface area contributed by atoms with Gasteiger partial charge in [0.2, 0.25) is 0 Å². The van der Waals surface area contributed by atoms with Crippen LogP contribution < -0.4 is 5.32 Å². The first kappa shape index (κ1) is 20.5. The van der Waals surface area contributed by atoms with Crippen LogP contribution >= 0.6 is 15.9 Å². The number of rotatable bonds is 2. The first-order valence-electron chi connectivity index (χ1n) is 7.63. The van der Waals surface area contributed by atoms with Crippen LogP contribution in [-0.4, -0.2) is 41.6 Å². The van der Waals surface area contributed by atoms with Crippen molar-refractivity contribution in [1.29, 1.82) is 0 Å². The van der Waals surface area contributed by atoms with E-state index in [1.165, 1.54) is 4.90 Å². The molecule has 10 heteroatoms. The highest BCUT2D eigenvalue weighted by Gasteiger charge is 2.38. The Morgan fingerprint density at radius 2 is 1.81 bits per heavy atom. The van der Waals surface area contributed by atoms with Gasteiger partial charge < -0.3 is 15.0 Å². The number of nitrogens with zero attached hydrogens (tertiary/aromatic N) is 1. The van der Waals surface area contributed by atoms with E-state index in [-0.39, 0.29) is 17.6 Å². The molecule has 2 rings (SSSR count). The highest BCUT2D eigenvalue weighted by atomic mass is 79.9. The summed E-state index contributed by atoms with van der Waals surface area (Å²) in [7, 11) is 0. The van der Waals surface area contributed by atoms with Crippen molar-refractivity contribution in [2.75, 3.05) is 13.1 Å². The predicted molar refractivity (Wildman–Crippen MR) is 88.2 cm³/mol. The molecule has 1 aromatic rings. The second-order valence-electron chi connectivity index (χ2n) is 6.84. The van der Waals surface area contributed by atoms with Crippen molar-refractivity contribution in [2.45, 2.75) is 38.6 Å². The Morgan fingerprint density at radius 3 is 2.31 bits per heavy atom. The number of halogens is 5. The largest absolute Gasteiger partial charge is 0.444 e. The third kappa shape index (κ3) is 4.66. The Bertz CT molecular complexity index is 725. The first-order chi connectivity index (χ1) is 11.8. The SMILES string of the molecule is CC(C)(C)OC(=O)N1CC(NC(=O)c2c(Br)ccc(C(F)(F)F)c2F)C1. The van der Waals surface area contributed by atoms with Crippen LogP contribution in [0.3, 0.4) is 0 Å². The molecule has 1 saturated heterocycles. The lowest BCUT2D eigenvalue weighted by atomic mass is 10.1. The van der Waals surface area contributed by atoms with E-state index in [1.54, 1.807) is 20.8 Å². The smallest absolute Gasteiger partial charge is 0.419 e. The zero-order chi connectivity index (χ0) is 19.9. The quantitative estimate of drug-likeness (QED) is 0.708. The maximum Gasteiger partial charge on any atom is 0.419 e. The molecule has 0 radical (unpaired) electrons. The van der Waals surface area contributed by atoms with Crippen molar-refractivity contribution in [3.05, 3.63) is 33.5 Å². The minimum absolute atomic E-state index is 0.0937. The van der Waals surface area contributed by atoms with Gasteiger partial charge in [0.1, 0.15) is 11.4 Å². The Morgan fingerprint density at radius 1 is 1.23 bits per heavy atom. The van der Waals surface area contributed by atoms with Crippen LogP contribution in [0.2, 0.25) is 0 Å². The van der Waals surface area contributed by atoms with Crippen LogP contribution in [0.4, 0.5) is 22.4 Å². The summed E-state index contributed by atoms with van der Waals surface area (Å²) >= 11 is 2.89.